The molecule has 0 radical (unpaired) electrons. The second-order valence-electron chi connectivity index (χ2n) is 8.32. The lowest BCUT2D eigenvalue weighted by molar-refractivity contribution is -1.02. The Bertz CT molecular complexity index is 915. The second kappa shape index (κ2) is 9.24. The quantitative estimate of drug-likeness (QED) is 0.611. The number of carbonyl (C=O) groups is 1. The molecule has 2 aromatic rings. The maximum absolute atomic E-state index is 12.6. The van der Waals surface area contributed by atoms with Crippen LogP contribution in [0, 0.1) is 0 Å². The van der Waals surface area contributed by atoms with Crippen LogP contribution in [0.25, 0.3) is 10.9 Å². The van der Waals surface area contributed by atoms with Gasteiger partial charge in [0, 0.05) is 18.1 Å². The van der Waals surface area contributed by atoms with Crippen LogP contribution >= 0.6 is 11.6 Å². The summed E-state index contributed by atoms with van der Waals surface area (Å²) >= 11 is 5.98. The molecule has 0 spiro atoms. The number of aromatic amines is 1. The molecule has 0 unspecified atom stereocenters. The van der Waals surface area contributed by atoms with Gasteiger partial charge in [0.25, 0.3) is 11.5 Å². The Kier molecular flexibility index (Phi) is 6.47. The number of likely N-dealkylation sites (tertiary alicyclic amines) is 1. The second-order valence-corrected chi connectivity index (χ2v) is 8.76. The number of quaternary nitrogens is 2. The lowest BCUT2D eigenvalue weighted by Crippen LogP contribution is -3.28. The van der Waals surface area contributed by atoms with Crippen molar-refractivity contribution < 1.29 is 14.6 Å². The third-order valence-electron chi connectivity index (χ3n) is 6.16. The van der Waals surface area contributed by atoms with Crippen LogP contribution in [-0.2, 0) is 11.3 Å². The van der Waals surface area contributed by atoms with Gasteiger partial charge < -0.3 is 19.7 Å². The van der Waals surface area contributed by atoms with E-state index in [0.717, 1.165) is 52.1 Å². The average molecular weight is 420 g/mol. The van der Waals surface area contributed by atoms with Gasteiger partial charge in [-0.15, -0.1) is 0 Å². The van der Waals surface area contributed by atoms with Crippen LogP contribution in [0.3, 0.4) is 0 Å². The van der Waals surface area contributed by atoms with E-state index >= 15 is 0 Å². The maximum Gasteiger partial charge on any atom is 0.277 e. The number of aromatic nitrogens is 2. The Balaban J connectivity index is 1.31. The molecular weight excluding hydrogens is 390 g/mol. The standard InChI is InChI=1S/C21H28ClN5O2/c22-16-5-6-18-17(13-16)21(29)24-19(23-18)14-25-9-11-26(12-10-25)15-20(28)27-7-3-1-2-4-8-27/h5-6,13H,1-4,7-12,14-15H2,(H,23,24,29)/p+2. The Labute approximate surface area is 175 Å². The predicted octanol–water partition coefficient (Wildman–Crippen LogP) is -0.737. The minimum absolute atomic E-state index is 0.140. The summed E-state index contributed by atoms with van der Waals surface area (Å²) in [4.78, 5) is 37.3. The summed E-state index contributed by atoms with van der Waals surface area (Å²) in [7, 11) is 0. The van der Waals surface area contributed by atoms with Crippen molar-refractivity contribution in [2.75, 3.05) is 45.8 Å². The Morgan fingerprint density at radius 1 is 1.07 bits per heavy atom. The number of H-pyrrole nitrogens is 1. The first-order valence-corrected chi connectivity index (χ1v) is 11.1. The SMILES string of the molecule is O=C(C[NH+]1CC[NH+](Cc2nc3ccc(Cl)cc3c(=O)[nH]2)CC1)N1CCCCCC1. The van der Waals surface area contributed by atoms with E-state index in [1.54, 1.807) is 18.2 Å². The molecule has 0 saturated carbocycles. The van der Waals surface area contributed by atoms with E-state index in [4.69, 9.17) is 11.6 Å². The highest BCUT2D eigenvalue weighted by Crippen LogP contribution is 2.14. The summed E-state index contributed by atoms with van der Waals surface area (Å²) in [6.45, 7) is 7.06. The van der Waals surface area contributed by atoms with Gasteiger partial charge in [0.15, 0.2) is 12.4 Å². The van der Waals surface area contributed by atoms with Crippen LogP contribution in [0.4, 0.5) is 0 Å². The topological polar surface area (TPSA) is 74.9 Å². The fourth-order valence-corrected chi connectivity index (χ4v) is 4.61. The number of nitrogens with one attached hydrogen (secondary N) is 3. The molecule has 3 heterocycles. The lowest BCUT2D eigenvalue weighted by atomic mass is 10.2. The number of hydrogen-bond donors (Lipinski definition) is 3. The van der Waals surface area contributed by atoms with Gasteiger partial charge in [-0.05, 0) is 31.0 Å². The maximum atomic E-state index is 12.6. The van der Waals surface area contributed by atoms with Gasteiger partial charge in [-0.25, -0.2) is 4.98 Å². The van der Waals surface area contributed by atoms with Crippen LogP contribution in [0.5, 0.6) is 0 Å². The number of piperazine rings is 1. The molecule has 8 heteroatoms. The summed E-state index contributed by atoms with van der Waals surface area (Å²) in [6.07, 6.45) is 4.78. The van der Waals surface area contributed by atoms with E-state index < -0.39 is 0 Å². The number of hydrogen-bond acceptors (Lipinski definition) is 3. The molecule has 2 aliphatic rings. The highest BCUT2D eigenvalue weighted by Gasteiger charge is 2.27. The van der Waals surface area contributed by atoms with E-state index in [1.165, 1.54) is 22.6 Å². The zero-order valence-corrected chi connectivity index (χ0v) is 17.6. The number of rotatable bonds is 4. The van der Waals surface area contributed by atoms with Crippen LogP contribution < -0.4 is 15.4 Å². The highest BCUT2D eigenvalue weighted by atomic mass is 35.5. The molecule has 1 aromatic carbocycles. The fraction of sp³-hybridized carbons (Fsp3) is 0.571. The van der Waals surface area contributed by atoms with Gasteiger partial charge >= 0.3 is 0 Å². The van der Waals surface area contributed by atoms with E-state index in [0.29, 0.717) is 40.7 Å². The first kappa shape index (κ1) is 20.3. The highest BCUT2D eigenvalue weighted by molar-refractivity contribution is 6.31. The van der Waals surface area contributed by atoms with Crippen molar-refractivity contribution in [2.45, 2.75) is 32.2 Å². The van der Waals surface area contributed by atoms with Gasteiger partial charge in [-0.3, -0.25) is 9.59 Å². The molecule has 1 amide bonds. The van der Waals surface area contributed by atoms with Crippen molar-refractivity contribution in [3.05, 3.63) is 39.4 Å². The Hall–Kier alpha value is -1.96. The van der Waals surface area contributed by atoms with Crippen LogP contribution in [-0.4, -0.2) is 66.6 Å². The molecule has 0 atom stereocenters. The van der Waals surface area contributed by atoms with E-state index in [-0.39, 0.29) is 5.56 Å². The summed E-state index contributed by atoms with van der Waals surface area (Å²) in [5.74, 6) is 1.02. The Morgan fingerprint density at radius 2 is 1.76 bits per heavy atom. The van der Waals surface area contributed by atoms with E-state index in [1.807, 2.05) is 0 Å². The third-order valence-corrected chi connectivity index (χ3v) is 6.39. The van der Waals surface area contributed by atoms with E-state index in [9.17, 15) is 9.59 Å². The largest absolute Gasteiger partial charge is 0.338 e. The lowest BCUT2D eigenvalue weighted by Gasteiger charge is -2.30. The molecule has 2 fully saturated rings. The minimum Gasteiger partial charge on any atom is -0.338 e. The summed E-state index contributed by atoms with van der Waals surface area (Å²) in [5.41, 5.74) is 0.541. The monoisotopic (exact) mass is 419 g/mol. The molecule has 2 saturated heterocycles. The minimum atomic E-state index is -0.140. The van der Waals surface area contributed by atoms with Gasteiger partial charge in [0.2, 0.25) is 0 Å². The first-order chi connectivity index (χ1) is 14.1. The molecule has 4 rings (SSSR count). The molecule has 1 aromatic heterocycles. The van der Waals surface area contributed by atoms with Crippen molar-refractivity contribution in [1.29, 1.82) is 0 Å². The van der Waals surface area contributed by atoms with Gasteiger partial charge in [-0.1, -0.05) is 24.4 Å². The predicted molar refractivity (Wildman–Crippen MR) is 112 cm³/mol. The summed E-state index contributed by atoms with van der Waals surface area (Å²) in [6, 6.07) is 5.21. The molecule has 0 bridgehead atoms. The van der Waals surface area contributed by atoms with Crippen molar-refractivity contribution in [3.8, 4) is 0 Å². The zero-order chi connectivity index (χ0) is 20.2. The smallest absolute Gasteiger partial charge is 0.277 e. The molecular formula is C21H30ClN5O2+2. The summed E-state index contributed by atoms with van der Waals surface area (Å²) in [5, 5.41) is 1.06. The number of benzene rings is 1. The van der Waals surface area contributed by atoms with Crippen molar-refractivity contribution in [3.63, 3.8) is 0 Å². The molecule has 7 nitrogen and oxygen atoms in total. The van der Waals surface area contributed by atoms with Gasteiger partial charge in [0.05, 0.1) is 10.9 Å². The van der Waals surface area contributed by atoms with Gasteiger partial charge in [0.1, 0.15) is 32.7 Å². The van der Waals surface area contributed by atoms with Crippen molar-refractivity contribution in [1.82, 2.24) is 14.9 Å². The Morgan fingerprint density at radius 3 is 2.48 bits per heavy atom. The van der Waals surface area contributed by atoms with Crippen LogP contribution in [0.1, 0.15) is 31.5 Å². The summed E-state index contributed by atoms with van der Waals surface area (Å²) < 4.78 is 0. The fourth-order valence-electron chi connectivity index (χ4n) is 4.44. The first-order valence-electron chi connectivity index (χ1n) is 10.7. The molecule has 0 aliphatic carbocycles. The van der Waals surface area contributed by atoms with Crippen LogP contribution in [0.15, 0.2) is 23.0 Å². The normalized spacial score (nSPS) is 23.1. The van der Waals surface area contributed by atoms with Crippen LogP contribution in [0.2, 0.25) is 5.02 Å². The van der Waals surface area contributed by atoms with Crippen molar-refractivity contribution >= 4 is 28.4 Å². The molecule has 29 heavy (non-hydrogen) atoms. The third kappa shape index (κ3) is 5.15. The number of carbonyl (C=O) groups excluding carboxylic acids is 1. The molecule has 156 valence electrons. The number of fused-ring (bicyclic) bond motifs is 1. The number of halogens is 1. The zero-order valence-electron chi connectivity index (χ0n) is 16.8. The van der Waals surface area contributed by atoms with Gasteiger partial charge in [-0.2, -0.15) is 0 Å². The average Bonchev–Trinajstić information content (AvgIpc) is 3.00. The molecule has 2 aliphatic heterocycles. The number of nitrogens with zero attached hydrogens (tertiary/aromatic N) is 2. The van der Waals surface area contributed by atoms with E-state index in [2.05, 4.69) is 14.9 Å². The van der Waals surface area contributed by atoms with Crippen molar-refractivity contribution in [2.24, 2.45) is 0 Å². The number of amides is 1. The molecule has 3 N–H and O–H groups in total.